The van der Waals surface area contributed by atoms with Gasteiger partial charge in [-0.15, -0.1) is 10.2 Å². The lowest BCUT2D eigenvalue weighted by Gasteiger charge is -2.26. The van der Waals surface area contributed by atoms with Crippen molar-refractivity contribution in [3.63, 3.8) is 0 Å². The summed E-state index contributed by atoms with van der Waals surface area (Å²) >= 11 is 1.35. The molecule has 0 bridgehead atoms. The van der Waals surface area contributed by atoms with Crippen LogP contribution in [-0.4, -0.2) is 57.9 Å². The first-order chi connectivity index (χ1) is 16.0. The number of urea groups is 1. The zero-order chi connectivity index (χ0) is 23.4. The molecule has 33 heavy (non-hydrogen) atoms. The summed E-state index contributed by atoms with van der Waals surface area (Å²) in [6.07, 6.45) is 1.96. The van der Waals surface area contributed by atoms with Gasteiger partial charge in [-0.3, -0.25) is 4.57 Å². The maximum Gasteiger partial charge on any atom is 0.337 e. The lowest BCUT2D eigenvalue weighted by Crippen LogP contribution is -2.49. The number of hydrogen-bond acceptors (Lipinski definition) is 7. The lowest BCUT2D eigenvalue weighted by atomic mass is 10.1. The summed E-state index contributed by atoms with van der Waals surface area (Å²) in [6.45, 7) is 4.98. The molecule has 2 N–H and O–H groups in total. The van der Waals surface area contributed by atoms with Gasteiger partial charge < -0.3 is 20.1 Å². The van der Waals surface area contributed by atoms with Gasteiger partial charge in [0.1, 0.15) is 5.82 Å². The number of amides is 2. The van der Waals surface area contributed by atoms with Gasteiger partial charge in [-0.1, -0.05) is 11.8 Å². The summed E-state index contributed by atoms with van der Waals surface area (Å²) in [7, 11) is 0. The predicted octanol–water partition coefficient (Wildman–Crippen LogP) is 2.87. The van der Waals surface area contributed by atoms with Crippen LogP contribution in [0.1, 0.15) is 26.7 Å². The molecule has 2 aliphatic rings. The Morgan fingerprint density at radius 1 is 1.33 bits per heavy atom. The molecular weight excluding hydrogens is 449 g/mol. The quantitative estimate of drug-likeness (QED) is 0.447. The Morgan fingerprint density at radius 2 is 2.12 bits per heavy atom. The highest BCUT2D eigenvalue weighted by Crippen LogP contribution is 2.29. The van der Waals surface area contributed by atoms with E-state index in [1.807, 2.05) is 4.57 Å². The number of hydrogen-bond donors (Lipinski definition) is 2. The van der Waals surface area contributed by atoms with Crippen molar-refractivity contribution < 1.29 is 23.5 Å². The minimum atomic E-state index is -0.479. The highest BCUT2D eigenvalue weighted by Gasteiger charge is 2.30. The molecule has 0 saturated carbocycles. The normalized spacial score (nSPS) is 20.5. The first kappa shape index (κ1) is 23.2. The second kappa shape index (κ2) is 10.3. The van der Waals surface area contributed by atoms with E-state index >= 15 is 0 Å². The number of thioether (sulfide) groups is 1. The molecule has 4 rings (SSSR count). The van der Waals surface area contributed by atoms with Crippen LogP contribution in [0.5, 0.6) is 0 Å². The molecule has 1 saturated heterocycles. The summed E-state index contributed by atoms with van der Waals surface area (Å²) in [5, 5.41) is 14.7. The van der Waals surface area contributed by atoms with Crippen LogP contribution in [0.15, 0.2) is 40.7 Å². The van der Waals surface area contributed by atoms with Gasteiger partial charge in [-0.2, -0.15) is 0 Å². The number of ether oxygens (including phenoxy) is 2. The maximum absolute atomic E-state index is 13.4. The molecule has 2 aliphatic heterocycles. The minimum Gasteiger partial charge on any atom is -0.463 e. The second-order valence-corrected chi connectivity index (χ2v) is 8.72. The van der Waals surface area contributed by atoms with E-state index in [-0.39, 0.29) is 24.6 Å². The van der Waals surface area contributed by atoms with Crippen molar-refractivity contribution in [2.75, 3.05) is 19.0 Å². The lowest BCUT2D eigenvalue weighted by molar-refractivity contribution is -0.138. The van der Waals surface area contributed by atoms with Crippen molar-refractivity contribution >= 4 is 23.8 Å². The SMILES string of the molecule is CCOC(=O)C1=C(CSc2nnc(-c3ccc(F)cc3)n2C[C@@H]2CCCO2)NC(=O)N[C@@H]1C. The van der Waals surface area contributed by atoms with E-state index in [9.17, 15) is 14.0 Å². The van der Waals surface area contributed by atoms with Gasteiger partial charge in [-0.05, 0) is 51.0 Å². The molecular formula is C22H26FN5O4S. The van der Waals surface area contributed by atoms with Gasteiger partial charge >= 0.3 is 12.0 Å². The third-order valence-corrected chi connectivity index (χ3v) is 6.43. The topological polar surface area (TPSA) is 107 Å². The molecule has 0 radical (unpaired) electrons. The van der Waals surface area contributed by atoms with Crippen LogP contribution in [0, 0.1) is 5.82 Å². The molecule has 1 aromatic carbocycles. The smallest absolute Gasteiger partial charge is 0.337 e. The van der Waals surface area contributed by atoms with Gasteiger partial charge in [0.2, 0.25) is 0 Å². The van der Waals surface area contributed by atoms with Gasteiger partial charge in [-0.25, -0.2) is 14.0 Å². The molecule has 1 fully saturated rings. The van der Waals surface area contributed by atoms with Gasteiger partial charge in [0.05, 0.1) is 30.9 Å². The highest BCUT2D eigenvalue weighted by molar-refractivity contribution is 7.99. The van der Waals surface area contributed by atoms with Crippen molar-refractivity contribution in [1.29, 1.82) is 0 Å². The van der Waals surface area contributed by atoms with Gasteiger partial charge in [0.25, 0.3) is 0 Å². The fourth-order valence-electron chi connectivity index (χ4n) is 3.89. The molecule has 0 unspecified atom stereocenters. The van der Waals surface area contributed by atoms with E-state index in [2.05, 4.69) is 20.8 Å². The summed E-state index contributed by atoms with van der Waals surface area (Å²) in [5.74, 6) is 0.0999. The number of esters is 1. The van der Waals surface area contributed by atoms with Crippen LogP contribution in [-0.2, 0) is 20.8 Å². The fourth-order valence-corrected chi connectivity index (χ4v) is 4.81. The predicted molar refractivity (Wildman–Crippen MR) is 120 cm³/mol. The van der Waals surface area contributed by atoms with Crippen LogP contribution in [0.4, 0.5) is 9.18 Å². The highest BCUT2D eigenvalue weighted by atomic mass is 32.2. The Kier molecular flexibility index (Phi) is 7.29. The third kappa shape index (κ3) is 5.36. The molecule has 0 aliphatic carbocycles. The average Bonchev–Trinajstić information content (AvgIpc) is 3.43. The van der Waals surface area contributed by atoms with E-state index < -0.39 is 12.0 Å². The molecule has 9 nitrogen and oxygen atoms in total. The van der Waals surface area contributed by atoms with Crippen molar-refractivity contribution in [2.24, 2.45) is 0 Å². The number of carbonyl (C=O) groups is 2. The van der Waals surface area contributed by atoms with E-state index in [4.69, 9.17) is 9.47 Å². The van der Waals surface area contributed by atoms with Crippen LogP contribution in [0.3, 0.4) is 0 Å². The maximum atomic E-state index is 13.4. The van der Waals surface area contributed by atoms with E-state index in [1.54, 1.807) is 26.0 Å². The molecule has 0 spiro atoms. The number of halogens is 1. The number of carbonyl (C=O) groups excluding carboxylic acids is 2. The van der Waals surface area contributed by atoms with Crippen LogP contribution < -0.4 is 10.6 Å². The monoisotopic (exact) mass is 475 g/mol. The van der Waals surface area contributed by atoms with Crippen molar-refractivity contribution in [2.45, 2.75) is 50.5 Å². The molecule has 176 valence electrons. The summed E-state index contributed by atoms with van der Waals surface area (Å²) in [5.41, 5.74) is 1.60. The van der Waals surface area contributed by atoms with E-state index in [0.717, 1.165) is 18.4 Å². The molecule has 2 amide bonds. The minimum absolute atomic E-state index is 0.0347. The summed E-state index contributed by atoms with van der Waals surface area (Å²) in [6, 6.07) is 5.24. The molecule has 3 heterocycles. The molecule has 2 aromatic rings. The largest absolute Gasteiger partial charge is 0.463 e. The zero-order valence-corrected chi connectivity index (χ0v) is 19.3. The molecule has 2 atom stereocenters. The van der Waals surface area contributed by atoms with Crippen molar-refractivity contribution in [1.82, 2.24) is 25.4 Å². The Hall–Kier alpha value is -2.92. The first-order valence-corrected chi connectivity index (χ1v) is 11.9. The Labute approximate surface area is 195 Å². The number of nitrogens with zero attached hydrogens (tertiary/aromatic N) is 3. The standard InChI is InChI=1S/C22H26FN5O4S/c1-3-31-20(29)18-13(2)24-21(30)25-17(18)12-33-22-27-26-19(14-6-8-15(23)9-7-14)28(22)11-16-5-4-10-32-16/h6-9,13,16H,3-5,10-12H2,1-2H3,(H2,24,25,30)/t13-,16+/m1/s1. The molecule has 11 heteroatoms. The van der Waals surface area contributed by atoms with Crippen molar-refractivity contribution in [3.8, 4) is 11.4 Å². The van der Waals surface area contributed by atoms with Crippen LogP contribution >= 0.6 is 11.8 Å². The number of rotatable bonds is 8. The number of aromatic nitrogens is 3. The second-order valence-electron chi connectivity index (χ2n) is 7.78. The average molecular weight is 476 g/mol. The van der Waals surface area contributed by atoms with Crippen molar-refractivity contribution in [3.05, 3.63) is 41.4 Å². The van der Waals surface area contributed by atoms with Crippen LogP contribution in [0.2, 0.25) is 0 Å². The fraction of sp³-hybridized carbons (Fsp3) is 0.455. The van der Waals surface area contributed by atoms with E-state index in [0.29, 0.717) is 41.2 Å². The summed E-state index contributed by atoms with van der Waals surface area (Å²) < 4.78 is 26.4. The molecule has 1 aromatic heterocycles. The Bertz CT molecular complexity index is 1050. The van der Waals surface area contributed by atoms with Gasteiger partial charge in [0.15, 0.2) is 11.0 Å². The Balaban J connectivity index is 1.62. The van der Waals surface area contributed by atoms with E-state index in [1.165, 1.54) is 23.9 Å². The number of nitrogens with one attached hydrogen (secondary N) is 2. The summed E-state index contributed by atoms with van der Waals surface area (Å²) in [4.78, 5) is 24.5. The third-order valence-electron chi connectivity index (χ3n) is 5.44. The van der Waals surface area contributed by atoms with Crippen LogP contribution in [0.25, 0.3) is 11.4 Å². The first-order valence-electron chi connectivity index (χ1n) is 10.9. The Morgan fingerprint density at radius 3 is 2.82 bits per heavy atom. The zero-order valence-electron chi connectivity index (χ0n) is 18.5. The number of benzene rings is 1. The van der Waals surface area contributed by atoms with Gasteiger partial charge in [0, 0.05) is 23.6 Å².